The Morgan fingerprint density at radius 3 is 1.85 bits per heavy atom. The van der Waals surface area contributed by atoms with Gasteiger partial charge in [0.05, 0.1) is 30.8 Å². The Balaban J connectivity index is 1.55. The van der Waals surface area contributed by atoms with Crippen LogP contribution in [0.3, 0.4) is 0 Å². The molecule has 0 aromatic heterocycles. The smallest absolute Gasteiger partial charge is 0.0652 e. The van der Waals surface area contributed by atoms with Crippen molar-refractivity contribution in [3.63, 3.8) is 0 Å². The highest BCUT2D eigenvalue weighted by atomic mass is 16.5. The standard InChI is InChI=1S/C23H23N3O/c1-3-7-22(8-4-1)26(23-9-5-2-6-10-23)24-19-20-11-13-21(14-12-20)25-15-17-27-18-16-25/h1-14,19H,15-18H2/b24-19+. The fraction of sp³-hybridized carbons (Fsp3) is 0.174. The topological polar surface area (TPSA) is 28.1 Å². The molecule has 3 aromatic carbocycles. The molecule has 0 N–H and O–H groups in total. The third kappa shape index (κ3) is 4.36. The highest BCUT2D eigenvalue weighted by Gasteiger charge is 2.11. The van der Waals surface area contributed by atoms with Gasteiger partial charge in [0.2, 0.25) is 0 Å². The zero-order chi connectivity index (χ0) is 18.3. The van der Waals surface area contributed by atoms with Crippen LogP contribution < -0.4 is 9.91 Å². The average Bonchev–Trinajstić information content (AvgIpc) is 2.76. The van der Waals surface area contributed by atoms with Crippen molar-refractivity contribution in [1.29, 1.82) is 0 Å². The maximum atomic E-state index is 5.43. The minimum absolute atomic E-state index is 0.798. The van der Waals surface area contributed by atoms with Crippen LogP contribution in [0, 0.1) is 0 Å². The summed E-state index contributed by atoms with van der Waals surface area (Å²) in [6.45, 7) is 3.49. The summed E-state index contributed by atoms with van der Waals surface area (Å²) in [4.78, 5) is 2.35. The zero-order valence-corrected chi connectivity index (χ0v) is 15.2. The molecule has 1 heterocycles. The molecule has 1 aliphatic rings. The van der Waals surface area contributed by atoms with Crippen LogP contribution in [0.5, 0.6) is 0 Å². The maximum Gasteiger partial charge on any atom is 0.0652 e. The lowest BCUT2D eigenvalue weighted by Gasteiger charge is -2.28. The first-order chi connectivity index (χ1) is 13.4. The molecule has 4 heteroatoms. The average molecular weight is 357 g/mol. The second kappa shape index (κ2) is 8.52. The summed E-state index contributed by atoms with van der Waals surface area (Å²) in [5.41, 5.74) is 4.37. The fourth-order valence-corrected chi connectivity index (χ4v) is 3.14. The van der Waals surface area contributed by atoms with Crippen LogP contribution in [0.2, 0.25) is 0 Å². The molecule has 0 amide bonds. The molecule has 1 saturated heterocycles. The first kappa shape index (κ1) is 17.3. The highest BCUT2D eigenvalue weighted by molar-refractivity contribution is 5.82. The summed E-state index contributed by atoms with van der Waals surface area (Å²) in [6.07, 6.45) is 1.91. The minimum atomic E-state index is 0.798. The van der Waals surface area contributed by atoms with E-state index in [1.165, 1.54) is 5.69 Å². The Morgan fingerprint density at radius 2 is 1.30 bits per heavy atom. The van der Waals surface area contributed by atoms with Crippen LogP contribution in [0.15, 0.2) is 90.0 Å². The normalized spacial score (nSPS) is 14.4. The largest absolute Gasteiger partial charge is 0.378 e. The van der Waals surface area contributed by atoms with Crippen LogP contribution in [0.1, 0.15) is 5.56 Å². The molecule has 0 radical (unpaired) electrons. The van der Waals surface area contributed by atoms with Gasteiger partial charge >= 0.3 is 0 Å². The summed E-state index contributed by atoms with van der Waals surface area (Å²) < 4.78 is 5.43. The van der Waals surface area contributed by atoms with Gasteiger partial charge in [-0.1, -0.05) is 48.5 Å². The number of benzene rings is 3. The van der Waals surface area contributed by atoms with Crippen molar-refractivity contribution >= 4 is 23.3 Å². The predicted molar refractivity (Wildman–Crippen MR) is 112 cm³/mol. The lowest BCUT2D eigenvalue weighted by atomic mass is 10.2. The van der Waals surface area contributed by atoms with Crippen molar-refractivity contribution in [1.82, 2.24) is 0 Å². The molecule has 0 saturated carbocycles. The molecule has 0 unspecified atom stereocenters. The van der Waals surface area contributed by atoms with Crippen LogP contribution >= 0.6 is 0 Å². The maximum absolute atomic E-state index is 5.43. The van der Waals surface area contributed by atoms with Gasteiger partial charge in [0.25, 0.3) is 0 Å². The van der Waals surface area contributed by atoms with Crippen LogP contribution in [-0.2, 0) is 4.74 Å². The summed E-state index contributed by atoms with van der Waals surface area (Å²) in [6, 6.07) is 28.9. The van der Waals surface area contributed by atoms with Crippen molar-refractivity contribution in [3.8, 4) is 0 Å². The molecule has 0 bridgehead atoms. The van der Waals surface area contributed by atoms with Gasteiger partial charge in [-0.2, -0.15) is 5.10 Å². The molecular weight excluding hydrogens is 334 g/mol. The quantitative estimate of drug-likeness (QED) is 0.490. The van der Waals surface area contributed by atoms with E-state index >= 15 is 0 Å². The highest BCUT2D eigenvalue weighted by Crippen LogP contribution is 2.25. The van der Waals surface area contributed by atoms with Crippen molar-refractivity contribution in [2.45, 2.75) is 0 Å². The van der Waals surface area contributed by atoms with Gasteiger partial charge in [0, 0.05) is 18.8 Å². The summed E-state index contributed by atoms with van der Waals surface area (Å²) in [5, 5.41) is 6.71. The van der Waals surface area contributed by atoms with Gasteiger partial charge in [-0.25, -0.2) is 5.01 Å². The molecule has 27 heavy (non-hydrogen) atoms. The van der Waals surface area contributed by atoms with E-state index in [0.29, 0.717) is 0 Å². The van der Waals surface area contributed by atoms with Crippen LogP contribution in [0.4, 0.5) is 17.1 Å². The van der Waals surface area contributed by atoms with Gasteiger partial charge < -0.3 is 9.64 Å². The van der Waals surface area contributed by atoms with Crippen LogP contribution in [0.25, 0.3) is 0 Å². The Kier molecular flexibility index (Phi) is 5.46. The van der Waals surface area contributed by atoms with Gasteiger partial charge in [-0.15, -0.1) is 0 Å². The number of hydrogen-bond donors (Lipinski definition) is 0. The molecule has 1 fully saturated rings. The summed E-state index contributed by atoms with van der Waals surface area (Å²) >= 11 is 0. The predicted octanol–water partition coefficient (Wildman–Crippen LogP) is 4.70. The van der Waals surface area contributed by atoms with E-state index in [-0.39, 0.29) is 0 Å². The zero-order valence-electron chi connectivity index (χ0n) is 15.2. The van der Waals surface area contributed by atoms with E-state index in [9.17, 15) is 0 Å². The molecule has 4 rings (SSSR count). The number of ether oxygens (including phenoxy) is 1. The monoisotopic (exact) mass is 357 g/mol. The molecule has 0 atom stereocenters. The van der Waals surface area contributed by atoms with E-state index < -0.39 is 0 Å². The van der Waals surface area contributed by atoms with Gasteiger partial charge in [0.15, 0.2) is 0 Å². The van der Waals surface area contributed by atoms with E-state index in [4.69, 9.17) is 9.84 Å². The first-order valence-electron chi connectivity index (χ1n) is 9.27. The van der Waals surface area contributed by atoms with Gasteiger partial charge in [-0.05, 0) is 42.0 Å². The summed E-state index contributed by atoms with van der Waals surface area (Å²) in [7, 11) is 0. The van der Waals surface area contributed by atoms with E-state index in [1.54, 1.807) is 0 Å². The lowest BCUT2D eigenvalue weighted by molar-refractivity contribution is 0.122. The van der Waals surface area contributed by atoms with Gasteiger partial charge in [-0.3, -0.25) is 0 Å². The van der Waals surface area contributed by atoms with Crippen molar-refractivity contribution in [2.75, 3.05) is 36.2 Å². The summed E-state index contributed by atoms with van der Waals surface area (Å²) in [5.74, 6) is 0. The number of hydrazone groups is 1. The number of morpholine rings is 1. The molecule has 1 aliphatic heterocycles. The van der Waals surface area contributed by atoms with E-state index in [0.717, 1.165) is 43.2 Å². The molecule has 4 nitrogen and oxygen atoms in total. The molecule has 136 valence electrons. The molecule has 0 aliphatic carbocycles. The molecule has 3 aromatic rings. The third-order valence-electron chi connectivity index (χ3n) is 4.59. The third-order valence-corrected chi connectivity index (χ3v) is 4.59. The Hall–Kier alpha value is -3.11. The number of rotatable bonds is 5. The Morgan fingerprint density at radius 1 is 0.741 bits per heavy atom. The van der Waals surface area contributed by atoms with Crippen molar-refractivity contribution in [2.24, 2.45) is 5.10 Å². The lowest BCUT2D eigenvalue weighted by Crippen LogP contribution is -2.36. The van der Waals surface area contributed by atoms with Gasteiger partial charge in [0.1, 0.15) is 0 Å². The first-order valence-corrected chi connectivity index (χ1v) is 9.27. The molecule has 0 spiro atoms. The van der Waals surface area contributed by atoms with Crippen molar-refractivity contribution < 1.29 is 4.74 Å². The number of hydrogen-bond acceptors (Lipinski definition) is 4. The minimum Gasteiger partial charge on any atom is -0.378 e. The molecular formula is C23H23N3O. The second-order valence-corrected chi connectivity index (χ2v) is 6.42. The Labute approximate surface area is 160 Å². The SMILES string of the molecule is C(=N\N(c1ccccc1)c1ccccc1)/c1ccc(N2CCOCC2)cc1. The van der Waals surface area contributed by atoms with Crippen molar-refractivity contribution in [3.05, 3.63) is 90.5 Å². The van der Waals surface area contributed by atoms with E-state index in [1.807, 2.05) is 47.6 Å². The number of anilines is 3. The fourth-order valence-electron chi connectivity index (χ4n) is 3.14. The number of nitrogens with zero attached hydrogens (tertiary/aromatic N) is 3. The van der Waals surface area contributed by atoms with Crippen LogP contribution in [-0.4, -0.2) is 32.5 Å². The number of para-hydroxylation sites is 2. The second-order valence-electron chi connectivity index (χ2n) is 6.42. The Bertz CT molecular complexity index is 818. The van der Waals surface area contributed by atoms with E-state index in [2.05, 4.69) is 53.4 Å².